The van der Waals surface area contributed by atoms with Gasteiger partial charge in [-0.25, -0.2) is 8.42 Å². The summed E-state index contributed by atoms with van der Waals surface area (Å²) in [5.41, 5.74) is 2.38. The van der Waals surface area contributed by atoms with E-state index < -0.39 is 9.84 Å². The molecule has 1 saturated heterocycles. The van der Waals surface area contributed by atoms with Crippen molar-refractivity contribution in [2.45, 2.75) is 18.9 Å². The molecule has 1 heterocycles. The van der Waals surface area contributed by atoms with Gasteiger partial charge < -0.3 is 5.32 Å². The standard InChI is InChI=1S/C12H17NO2S/c1-13-8-10-2-4-11(5-3-10)12-6-7-16(14,15)9-12/h2-5,12-13H,6-9H2,1H3. The second-order valence-corrected chi connectivity index (χ2v) is 6.60. The van der Waals surface area contributed by atoms with Gasteiger partial charge in [-0.15, -0.1) is 0 Å². The van der Waals surface area contributed by atoms with Crippen molar-refractivity contribution in [2.24, 2.45) is 0 Å². The fourth-order valence-corrected chi connectivity index (χ4v) is 3.95. The van der Waals surface area contributed by atoms with E-state index in [9.17, 15) is 8.42 Å². The van der Waals surface area contributed by atoms with Crippen molar-refractivity contribution in [1.82, 2.24) is 5.32 Å². The number of benzene rings is 1. The van der Waals surface area contributed by atoms with Crippen LogP contribution in [0.2, 0.25) is 0 Å². The molecular formula is C12H17NO2S. The van der Waals surface area contributed by atoms with Crippen molar-refractivity contribution in [3.05, 3.63) is 35.4 Å². The Morgan fingerprint density at radius 2 is 2.00 bits per heavy atom. The molecule has 2 rings (SSSR count). The minimum Gasteiger partial charge on any atom is -0.316 e. The number of nitrogens with one attached hydrogen (secondary N) is 1. The summed E-state index contributed by atoms with van der Waals surface area (Å²) in [4.78, 5) is 0. The Morgan fingerprint density at radius 1 is 1.31 bits per heavy atom. The molecule has 1 atom stereocenters. The minimum atomic E-state index is -2.78. The van der Waals surface area contributed by atoms with E-state index >= 15 is 0 Å². The van der Waals surface area contributed by atoms with Gasteiger partial charge in [0.2, 0.25) is 0 Å². The number of rotatable bonds is 3. The molecular weight excluding hydrogens is 222 g/mol. The SMILES string of the molecule is CNCc1ccc(C2CCS(=O)(=O)C2)cc1. The highest BCUT2D eigenvalue weighted by molar-refractivity contribution is 7.91. The summed E-state index contributed by atoms with van der Waals surface area (Å²) < 4.78 is 22.7. The van der Waals surface area contributed by atoms with Crippen LogP contribution in [-0.2, 0) is 16.4 Å². The summed E-state index contributed by atoms with van der Waals surface area (Å²) in [5, 5.41) is 3.09. The van der Waals surface area contributed by atoms with Gasteiger partial charge in [0.15, 0.2) is 9.84 Å². The van der Waals surface area contributed by atoms with Gasteiger partial charge in [0, 0.05) is 6.54 Å². The molecule has 3 nitrogen and oxygen atoms in total. The predicted molar refractivity (Wildman–Crippen MR) is 65.2 cm³/mol. The largest absolute Gasteiger partial charge is 0.316 e. The molecule has 0 aromatic heterocycles. The fourth-order valence-electron chi connectivity index (χ4n) is 2.17. The van der Waals surface area contributed by atoms with Crippen molar-refractivity contribution >= 4 is 9.84 Å². The monoisotopic (exact) mass is 239 g/mol. The first-order valence-electron chi connectivity index (χ1n) is 5.54. The zero-order valence-electron chi connectivity index (χ0n) is 9.44. The first-order valence-corrected chi connectivity index (χ1v) is 7.37. The molecule has 0 spiro atoms. The Bertz CT molecular complexity index is 450. The molecule has 1 aliphatic heterocycles. The highest BCUT2D eigenvalue weighted by atomic mass is 32.2. The highest BCUT2D eigenvalue weighted by Crippen LogP contribution is 2.28. The Labute approximate surface area is 96.8 Å². The molecule has 1 aromatic carbocycles. The van der Waals surface area contributed by atoms with Crippen LogP contribution in [0.25, 0.3) is 0 Å². The quantitative estimate of drug-likeness (QED) is 0.865. The molecule has 0 bridgehead atoms. The van der Waals surface area contributed by atoms with E-state index in [1.807, 2.05) is 7.05 Å². The summed E-state index contributed by atoms with van der Waals surface area (Å²) in [5.74, 6) is 0.863. The molecule has 88 valence electrons. The maximum Gasteiger partial charge on any atom is 0.150 e. The second-order valence-electron chi connectivity index (χ2n) is 4.37. The van der Waals surface area contributed by atoms with E-state index in [1.165, 1.54) is 5.56 Å². The molecule has 1 unspecified atom stereocenters. The van der Waals surface area contributed by atoms with Gasteiger partial charge in [-0.2, -0.15) is 0 Å². The first kappa shape index (κ1) is 11.6. The topological polar surface area (TPSA) is 46.2 Å². The Kier molecular flexibility index (Phi) is 3.30. The van der Waals surface area contributed by atoms with Crippen LogP contribution in [0.1, 0.15) is 23.5 Å². The van der Waals surface area contributed by atoms with Crippen LogP contribution >= 0.6 is 0 Å². The second kappa shape index (κ2) is 4.55. The highest BCUT2D eigenvalue weighted by Gasteiger charge is 2.28. The lowest BCUT2D eigenvalue weighted by atomic mass is 9.98. The number of hydrogen-bond donors (Lipinski definition) is 1. The molecule has 1 aliphatic rings. The lowest BCUT2D eigenvalue weighted by Crippen LogP contribution is -2.06. The summed E-state index contributed by atoms with van der Waals surface area (Å²) in [6.07, 6.45) is 0.772. The van der Waals surface area contributed by atoms with Crippen LogP contribution in [-0.4, -0.2) is 27.0 Å². The lowest BCUT2D eigenvalue weighted by molar-refractivity contribution is 0.601. The van der Waals surface area contributed by atoms with Gasteiger partial charge in [0.05, 0.1) is 11.5 Å². The summed E-state index contributed by atoms with van der Waals surface area (Å²) in [6.45, 7) is 0.850. The Morgan fingerprint density at radius 3 is 2.50 bits per heavy atom. The molecule has 0 amide bonds. The van der Waals surface area contributed by atoms with Gasteiger partial charge in [-0.05, 0) is 30.5 Å². The van der Waals surface area contributed by atoms with E-state index in [0.29, 0.717) is 11.5 Å². The number of hydrogen-bond acceptors (Lipinski definition) is 3. The van der Waals surface area contributed by atoms with Crippen LogP contribution < -0.4 is 5.32 Å². The van der Waals surface area contributed by atoms with Crippen LogP contribution in [0.3, 0.4) is 0 Å². The van der Waals surface area contributed by atoms with E-state index in [2.05, 4.69) is 29.6 Å². The van der Waals surface area contributed by atoms with E-state index in [1.54, 1.807) is 0 Å². The third-order valence-electron chi connectivity index (χ3n) is 3.06. The maximum absolute atomic E-state index is 11.4. The van der Waals surface area contributed by atoms with Crippen molar-refractivity contribution in [3.8, 4) is 0 Å². The van der Waals surface area contributed by atoms with Crippen molar-refractivity contribution < 1.29 is 8.42 Å². The smallest absolute Gasteiger partial charge is 0.150 e. The predicted octanol–water partition coefficient (Wildman–Crippen LogP) is 1.31. The molecule has 16 heavy (non-hydrogen) atoms. The van der Waals surface area contributed by atoms with Crippen LogP contribution in [0.15, 0.2) is 24.3 Å². The number of sulfone groups is 1. The molecule has 0 radical (unpaired) electrons. The van der Waals surface area contributed by atoms with Gasteiger partial charge in [0.1, 0.15) is 0 Å². The van der Waals surface area contributed by atoms with Crippen molar-refractivity contribution in [3.63, 3.8) is 0 Å². The molecule has 1 aromatic rings. The van der Waals surface area contributed by atoms with Gasteiger partial charge >= 0.3 is 0 Å². The third kappa shape index (κ3) is 2.62. The molecule has 4 heteroatoms. The minimum absolute atomic E-state index is 0.202. The maximum atomic E-state index is 11.4. The molecule has 0 aliphatic carbocycles. The lowest BCUT2D eigenvalue weighted by Gasteiger charge is -2.08. The molecule has 1 N–H and O–H groups in total. The Hall–Kier alpha value is -0.870. The fraction of sp³-hybridized carbons (Fsp3) is 0.500. The average molecular weight is 239 g/mol. The summed E-state index contributed by atoms with van der Waals surface area (Å²) in [6, 6.07) is 8.24. The molecule has 0 saturated carbocycles. The summed E-state index contributed by atoms with van der Waals surface area (Å²) >= 11 is 0. The normalized spacial score (nSPS) is 23.4. The Balaban J connectivity index is 2.11. The van der Waals surface area contributed by atoms with Gasteiger partial charge in [0.25, 0.3) is 0 Å². The van der Waals surface area contributed by atoms with Crippen LogP contribution in [0, 0.1) is 0 Å². The first-order chi connectivity index (χ1) is 7.61. The average Bonchev–Trinajstić information content (AvgIpc) is 2.61. The van der Waals surface area contributed by atoms with Gasteiger partial charge in [-0.3, -0.25) is 0 Å². The third-order valence-corrected chi connectivity index (χ3v) is 4.83. The van der Waals surface area contributed by atoms with Crippen molar-refractivity contribution in [1.29, 1.82) is 0 Å². The molecule has 1 fully saturated rings. The van der Waals surface area contributed by atoms with E-state index in [4.69, 9.17) is 0 Å². The zero-order chi connectivity index (χ0) is 11.6. The zero-order valence-corrected chi connectivity index (χ0v) is 10.3. The van der Waals surface area contributed by atoms with Crippen molar-refractivity contribution in [2.75, 3.05) is 18.6 Å². The van der Waals surface area contributed by atoms with E-state index in [0.717, 1.165) is 18.5 Å². The van der Waals surface area contributed by atoms with Gasteiger partial charge in [-0.1, -0.05) is 24.3 Å². The van der Waals surface area contributed by atoms with Crippen LogP contribution in [0.4, 0.5) is 0 Å². The van der Waals surface area contributed by atoms with E-state index in [-0.39, 0.29) is 5.92 Å². The summed E-state index contributed by atoms with van der Waals surface area (Å²) in [7, 11) is -0.862. The van der Waals surface area contributed by atoms with Crippen LogP contribution in [0.5, 0.6) is 0 Å².